The van der Waals surface area contributed by atoms with E-state index < -0.39 is 11.8 Å². The quantitative estimate of drug-likeness (QED) is 0.532. The zero-order valence-corrected chi connectivity index (χ0v) is 16.9. The van der Waals surface area contributed by atoms with Gasteiger partial charge in [-0.05, 0) is 41.0 Å². The maximum atomic E-state index is 13.4. The Balaban J connectivity index is 1.56. The maximum Gasteiger partial charge on any atom is 0.256 e. The Morgan fingerprint density at radius 1 is 0.867 bits per heavy atom. The van der Waals surface area contributed by atoms with Gasteiger partial charge in [0.25, 0.3) is 5.92 Å². The summed E-state index contributed by atoms with van der Waals surface area (Å²) in [5.74, 6) is -1.33. The van der Waals surface area contributed by atoms with Crippen molar-refractivity contribution < 1.29 is 18.3 Å². The number of methoxy groups -OCH3 is 2. The zero-order valence-electron chi connectivity index (χ0n) is 16.9. The maximum absolute atomic E-state index is 13.4. The monoisotopic (exact) mass is 411 g/mol. The lowest BCUT2D eigenvalue weighted by Crippen LogP contribution is -2.24. The Kier molecular flexibility index (Phi) is 5.53. The summed E-state index contributed by atoms with van der Waals surface area (Å²) in [6.07, 6.45) is 2.91. The van der Waals surface area contributed by atoms with Gasteiger partial charge in [-0.3, -0.25) is 0 Å². The SMILES string of the molecule is COc1ccc(CN(Cc2ccc(OC)cc2)c2ncc(C3CC3(F)F)cn2)cc1. The molecule has 1 unspecified atom stereocenters. The molecule has 0 radical (unpaired) electrons. The summed E-state index contributed by atoms with van der Waals surface area (Å²) in [4.78, 5) is 10.8. The van der Waals surface area contributed by atoms with Gasteiger partial charge in [-0.1, -0.05) is 24.3 Å². The van der Waals surface area contributed by atoms with Crippen LogP contribution in [0.2, 0.25) is 0 Å². The predicted octanol–water partition coefficient (Wildman–Crippen LogP) is 4.82. The van der Waals surface area contributed by atoms with Crippen LogP contribution in [0.3, 0.4) is 0 Å². The molecule has 0 N–H and O–H groups in total. The first-order chi connectivity index (χ1) is 14.5. The summed E-state index contributed by atoms with van der Waals surface area (Å²) in [6, 6.07) is 15.6. The molecule has 0 bridgehead atoms. The van der Waals surface area contributed by atoms with Gasteiger partial charge in [-0.15, -0.1) is 0 Å². The summed E-state index contributed by atoms with van der Waals surface area (Å²) in [7, 11) is 3.26. The molecule has 7 heteroatoms. The van der Waals surface area contributed by atoms with Crippen LogP contribution in [0.25, 0.3) is 0 Å². The number of halogens is 2. The van der Waals surface area contributed by atoms with Crippen molar-refractivity contribution in [1.82, 2.24) is 9.97 Å². The Hall–Kier alpha value is -3.22. The minimum Gasteiger partial charge on any atom is -0.497 e. The second kappa shape index (κ2) is 8.26. The average molecular weight is 411 g/mol. The summed E-state index contributed by atoms with van der Waals surface area (Å²) >= 11 is 0. The first-order valence-electron chi connectivity index (χ1n) is 9.69. The first-order valence-corrected chi connectivity index (χ1v) is 9.69. The summed E-state index contributed by atoms with van der Waals surface area (Å²) < 4.78 is 37.2. The van der Waals surface area contributed by atoms with Crippen molar-refractivity contribution >= 4 is 5.95 Å². The van der Waals surface area contributed by atoms with Crippen LogP contribution in [0, 0.1) is 0 Å². The fourth-order valence-corrected chi connectivity index (χ4v) is 3.35. The van der Waals surface area contributed by atoms with Gasteiger partial charge in [0.05, 0.1) is 20.1 Å². The molecule has 1 atom stereocenters. The van der Waals surface area contributed by atoms with Crippen LogP contribution in [0.1, 0.15) is 29.0 Å². The van der Waals surface area contributed by atoms with Gasteiger partial charge in [0, 0.05) is 31.9 Å². The molecule has 1 aliphatic rings. The predicted molar refractivity (Wildman–Crippen MR) is 110 cm³/mol. The van der Waals surface area contributed by atoms with Gasteiger partial charge >= 0.3 is 0 Å². The highest BCUT2D eigenvalue weighted by atomic mass is 19.3. The Morgan fingerprint density at radius 3 is 1.67 bits per heavy atom. The number of benzene rings is 2. The van der Waals surface area contributed by atoms with Crippen LogP contribution >= 0.6 is 0 Å². The van der Waals surface area contributed by atoms with Gasteiger partial charge in [0.15, 0.2) is 0 Å². The lowest BCUT2D eigenvalue weighted by atomic mass is 10.1. The second-order valence-corrected chi connectivity index (χ2v) is 7.39. The molecule has 1 aromatic heterocycles. The molecule has 5 nitrogen and oxygen atoms in total. The Bertz CT molecular complexity index is 927. The van der Waals surface area contributed by atoms with Crippen LogP contribution < -0.4 is 14.4 Å². The molecular weight excluding hydrogens is 388 g/mol. The van der Waals surface area contributed by atoms with E-state index in [1.807, 2.05) is 53.4 Å². The largest absolute Gasteiger partial charge is 0.497 e. The van der Waals surface area contributed by atoms with Crippen molar-refractivity contribution in [2.75, 3.05) is 19.1 Å². The van der Waals surface area contributed by atoms with Crippen LogP contribution in [0.5, 0.6) is 11.5 Å². The molecule has 2 aromatic carbocycles. The molecule has 1 heterocycles. The topological polar surface area (TPSA) is 47.5 Å². The van der Waals surface area contributed by atoms with Gasteiger partial charge < -0.3 is 14.4 Å². The van der Waals surface area contributed by atoms with Crippen molar-refractivity contribution in [2.45, 2.75) is 31.4 Å². The number of ether oxygens (including phenoxy) is 2. The third-order valence-electron chi connectivity index (χ3n) is 5.23. The van der Waals surface area contributed by atoms with Gasteiger partial charge in [0.1, 0.15) is 11.5 Å². The average Bonchev–Trinajstić information content (AvgIpc) is 3.42. The molecule has 3 aromatic rings. The molecule has 1 saturated carbocycles. The fourth-order valence-electron chi connectivity index (χ4n) is 3.35. The van der Waals surface area contributed by atoms with E-state index in [1.54, 1.807) is 14.2 Å². The van der Waals surface area contributed by atoms with E-state index in [4.69, 9.17) is 9.47 Å². The molecule has 0 aliphatic heterocycles. The molecule has 30 heavy (non-hydrogen) atoms. The third-order valence-corrected chi connectivity index (χ3v) is 5.23. The highest BCUT2D eigenvalue weighted by Gasteiger charge is 2.57. The van der Waals surface area contributed by atoms with E-state index in [-0.39, 0.29) is 6.42 Å². The van der Waals surface area contributed by atoms with Crippen LogP contribution in [0.4, 0.5) is 14.7 Å². The second-order valence-electron chi connectivity index (χ2n) is 7.39. The molecule has 4 rings (SSSR count). The number of anilines is 1. The number of hydrogen-bond donors (Lipinski definition) is 0. The Morgan fingerprint density at radius 2 is 1.30 bits per heavy atom. The first kappa shape index (κ1) is 20.1. The zero-order chi connectivity index (χ0) is 21.1. The standard InChI is InChI=1S/C23H23F2N3O2/c1-29-19-7-3-16(4-8-19)14-28(15-17-5-9-20(30-2)10-6-17)22-26-12-18(13-27-22)21-11-23(21,24)25/h3-10,12-13,21H,11,14-15H2,1-2H3. The Labute approximate surface area is 174 Å². The summed E-state index contributed by atoms with van der Waals surface area (Å²) in [6.45, 7) is 1.13. The molecule has 1 fully saturated rings. The number of aromatic nitrogens is 2. The third kappa shape index (κ3) is 4.50. The van der Waals surface area contributed by atoms with Crippen molar-refractivity contribution in [1.29, 1.82) is 0 Å². The highest BCUT2D eigenvalue weighted by Crippen LogP contribution is 2.55. The summed E-state index contributed by atoms with van der Waals surface area (Å²) in [5.41, 5.74) is 2.61. The highest BCUT2D eigenvalue weighted by molar-refractivity contribution is 5.38. The van der Waals surface area contributed by atoms with E-state index in [9.17, 15) is 8.78 Å². The molecule has 0 saturated heterocycles. The lowest BCUT2D eigenvalue weighted by Gasteiger charge is -2.23. The van der Waals surface area contributed by atoms with Crippen LogP contribution in [-0.4, -0.2) is 30.1 Å². The van der Waals surface area contributed by atoms with Crippen LogP contribution in [0.15, 0.2) is 60.9 Å². The van der Waals surface area contributed by atoms with Crippen molar-refractivity contribution in [3.8, 4) is 11.5 Å². The number of rotatable bonds is 8. The molecule has 0 amide bonds. The van der Waals surface area contributed by atoms with Gasteiger partial charge in [0.2, 0.25) is 5.95 Å². The molecule has 1 aliphatic carbocycles. The van der Waals surface area contributed by atoms with Gasteiger partial charge in [-0.2, -0.15) is 0 Å². The number of nitrogens with zero attached hydrogens (tertiary/aromatic N) is 3. The molecule has 0 spiro atoms. The molecular formula is C23H23F2N3O2. The summed E-state index contributed by atoms with van der Waals surface area (Å²) in [5, 5.41) is 0. The van der Waals surface area contributed by atoms with E-state index in [2.05, 4.69) is 9.97 Å². The van der Waals surface area contributed by atoms with Crippen molar-refractivity contribution in [2.24, 2.45) is 0 Å². The van der Waals surface area contributed by atoms with E-state index in [0.29, 0.717) is 24.6 Å². The van der Waals surface area contributed by atoms with Gasteiger partial charge in [-0.25, -0.2) is 18.7 Å². The molecule has 156 valence electrons. The fraction of sp³-hybridized carbons (Fsp3) is 0.304. The minimum absolute atomic E-state index is 0.128. The van der Waals surface area contributed by atoms with E-state index in [1.165, 1.54) is 12.4 Å². The van der Waals surface area contributed by atoms with Crippen molar-refractivity contribution in [3.63, 3.8) is 0 Å². The van der Waals surface area contributed by atoms with Crippen molar-refractivity contribution in [3.05, 3.63) is 77.6 Å². The number of alkyl halides is 2. The van der Waals surface area contributed by atoms with E-state index in [0.717, 1.165) is 22.6 Å². The number of hydrogen-bond acceptors (Lipinski definition) is 5. The lowest BCUT2D eigenvalue weighted by molar-refractivity contribution is 0.112. The normalized spacial score (nSPS) is 16.7. The van der Waals surface area contributed by atoms with E-state index >= 15 is 0 Å². The smallest absolute Gasteiger partial charge is 0.256 e. The minimum atomic E-state index is -2.63. The van der Waals surface area contributed by atoms with Crippen LogP contribution in [-0.2, 0) is 13.1 Å².